The number of para-hydroxylation sites is 2. The van der Waals surface area contributed by atoms with Crippen LogP contribution in [0.25, 0.3) is 0 Å². The number of methoxy groups -OCH3 is 1. The summed E-state index contributed by atoms with van der Waals surface area (Å²) in [5, 5.41) is 6.25. The Labute approximate surface area is 139 Å². The molecule has 1 heterocycles. The number of aromatic nitrogens is 2. The second kappa shape index (κ2) is 7.23. The molecule has 0 spiro atoms. The molecule has 1 aromatic heterocycles. The van der Waals surface area contributed by atoms with Crippen LogP contribution in [-0.4, -0.2) is 23.0 Å². The quantitative estimate of drug-likeness (QED) is 0.697. The first-order valence-corrected chi connectivity index (χ1v) is 7.36. The Morgan fingerprint density at radius 1 is 0.958 bits per heavy atom. The fourth-order valence-electron chi connectivity index (χ4n) is 2.16. The Hall–Kier alpha value is -3.41. The molecule has 3 aromatic rings. The summed E-state index contributed by atoms with van der Waals surface area (Å²) in [6, 6.07) is 18.5. The van der Waals surface area contributed by atoms with E-state index in [9.17, 15) is 4.79 Å². The van der Waals surface area contributed by atoms with Crippen molar-refractivity contribution >= 4 is 29.1 Å². The van der Waals surface area contributed by atoms with E-state index >= 15 is 0 Å². The summed E-state index contributed by atoms with van der Waals surface area (Å²) in [7, 11) is 1.35. The number of benzene rings is 2. The number of esters is 1. The monoisotopic (exact) mass is 320 g/mol. The molecule has 0 fully saturated rings. The molecule has 0 amide bonds. The first-order chi connectivity index (χ1) is 11.8. The van der Waals surface area contributed by atoms with Crippen molar-refractivity contribution in [2.45, 2.75) is 0 Å². The molecule has 0 unspecified atom stereocenters. The lowest BCUT2D eigenvalue weighted by Gasteiger charge is -2.11. The fraction of sp³-hybridized carbons (Fsp3) is 0.0556. The van der Waals surface area contributed by atoms with Gasteiger partial charge in [0.25, 0.3) is 0 Å². The van der Waals surface area contributed by atoms with E-state index in [2.05, 4.69) is 20.6 Å². The molecular weight excluding hydrogens is 304 g/mol. The summed E-state index contributed by atoms with van der Waals surface area (Å²) in [5.41, 5.74) is 1.95. The van der Waals surface area contributed by atoms with E-state index in [1.165, 1.54) is 7.11 Å². The Morgan fingerprint density at radius 3 is 2.50 bits per heavy atom. The summed E-state index contributed by atoms with van der Waals surface area (Å²) < 4.78 is 4.79. The Balaban J connectivity index is 1.82. The van der Waals surface area contributed by atoms with Crippen LogP contribution < -0.4 is 10.6 Å². The SMILES string of the molecule is COC(=O)c1ccccc1Nc1ccnc(Nc2ccccc2)n1. The molecule has 0 aliphatic heterocycles. The van der Waals surface area contributed by atoms with E-state index in [0.29, 0.717) is 23.0 Å². The summed E-state index contributed by atoms with van der Waals surface area (Å²) in [5.74, 6) is 0.622. The number of carbonyl (C=O) groups is 1. The Bertz CT molecular complexity index is 837. The normalized spacial score (nSPS) is 10.0. The van der Waals surface area contributed by atoms with Gasteiger partial charge in [0.2, 0.25) is 5.95 Å². The molecule has 2 aromatic carbocycles. The zero-order valence-electron chi connectivity index (χ0n) is 13.1. The van der Waals surface area contributed by atoms with Crippen LogP contribution >= 0.6 is 0 Å². The van der Waals surface area contributed by atoms with Crippen molar-refractivity contribution in [3.05, 3.63) is 72.4 Å². The lowest BCUT2D eigenvalue weighted by molar-refractivity contribution is 0.0602. The first-order valence-electron chi connectivity index (χ1n) is 7.36. The van der Waals surface area contributed by atoms with Gasteiger partial charge in [0.15, 0.2) is 0 Å². The van der Waals surface area contributed by atoms with E-state index < -0.39 is 5.97 Å². The number of ether oxygens (including phenoxy) is 1. The molecule has 120 valence electrons. The van der Waals surface area contributed by atoms with Crippen LogP contribution in [0.4, 0.5) is 23.1 Å². The zero-order chi connectivity index (χ0) is 16.8. The highest BCUT2D eigenvalue weighted by Gasteiger charge is 2.11. The predicted molar refractivity (Wildman–Crippen MR) is 92.8 cm³/mol. The number of nitrogens with one attached hydrogen (secondary N) is 2. The average molecular weight is 320 g/mol. The largest absolute Gasteiger partial charge is 0.465 e. The van der Waals surface area contributed by atoms with E-state index in [0.717, 1.165) is 5.69 Å². The second-order valence-corrected chi connectivity index (χ2v) is 4.92. The number of rotatable bonds is 5. The Morgan fingerprint density at radius 2 is 1.71 bits per heavy atom. The molecule has 6 heteroatoms. The van der Waals surface area contributed by atoms with E-state index in [4.69, 9.17) is 4.74 Å². The van der Waals surface area contributed by atoms with Gasteiger partial charge in [-0.25, -0.2) is 9.78 Å². The maximum absolute atomic E-state index is 11.8. The third-order valence-corrected chi connectivity index (χ3v) is 3.28. The molecular formula is C18H16N4O2. The van der Waals surface area contributed by atoms with Crippen molar-refractivity contribution in [3.63, 3.8) is 0 Å². The molecule has 2 N–H and O–H groups in total. The molecule has 6 nitrogen and oxygen atoms in total. The molecule has 3 rings (SSSR count). The van der Waals surface area contributed by atoms with Crippen LogP contribution in [0, 0.1) is 0 Å². The fourth-order valence-corrected chi connectivity index (χ4v) is 2.16. The van der Waals surface area contributed by atoms with Gasteiger partial charge in [-0.2, -0.15) is 4.98 Å². The van der Waals surface area contributed by atoms with E-state index in [1.54, 1.807) is 30.5 Å². The standard InChI is InChI=1S/C18H16N4O2/c1-24-17(23)14-9-5-6-10-15(14)21-16-11-12-19-18(22-16)20-13-7-3-2-4-8-13/h2-12H,1H3,(H2,19,20,21,22). The van der Waals surface area contributed by atoms with Gasteiger partial charge in [-0.15, -0.1) is 0 Å². The first kappa shape index (κ1) is 15.5. The van der Waals surface area contributed by atoms with Gasteiger partial charge in [0.05, 0.1) is 18.4 Å². The number of carbonyl (C=O) groups excluding carboxylic acids is 1. The summed E-state index contributed by atoms with van der Waals surface area (Å²) in [6.45, 7) is 0. The third-order valence-electron chi connectivity index (χ3n) is 3.28. The predicted octanol–water partition coefficient (Wildman–Crippen LogP) is 3.75. The molecule has 0 aliphatic rings. The molecule has 0 radical (unpaired) electrons. The second-order valence-electron chi connectivity index (χ2n) is 4.92. The lowest BCUT2D eigenvalue weighted by atomic mass is 10.2. The van der Waals surface area contributed by atoms with Gasteiger partial charge >= 0.3 is 5.97 Å². The average Bonchev–Trinajstić information content (AvgIpc) is 2.63. The van der Waals surface area contributed by atoms with Crippen LogP contribution in [-0.2, 0) is 4.74 Å². The van der Waals surface area contributed by atoms with Crippen molar-refractivity contribution in [2.24, 2.45) is 0 Å². The highest BCUT2D eigenvalue weighted by Crippen LogP contribution is 2.21. The molecule has 0 bridgehead atoms. The van der Waals surface area contributed by atoms with Crippen LogP contribution in [0.1, 0.15) is 10.4 Å². The van der Waals surface area contributed by atoms with Gasteiger partial charge in [0.1, 0.15) is 5.82 Å². The minimum absolute atomic E-state index is 0.408. The van der Waals surface area contributed by atoms with Crippen LogP contribution in [0.2, 0.25) is 0 Å². The molecule has 0 saturated heterocycles. The highest BCUT2D eigenvalue weighted by molar-refractivity contribution is 5.96. The van der Waals surface area contributed by atoms with Crippen LogP contribution in [0.15, 0.2) is 66.9 Å². The Kier molecular flexibility index (Phi) is 4.67. The number of hydrogen-bond donors (Lipinski definition) is 2. The number of anilines is 4. The molecule has 0 atom stereocenters. The maximum Gasteiger partial charge on any atom is 0.339 e. The molecule has 0 aliphatic carbocycles. The maximum atomic E-state index is 11.8. The van der Waals surface area contributed by atoms with Crippen molar-refractivity contribution in [2.75, 3.05) is 17.7 Å². The lowest BCUT2D eigenvalue weighted by Crippen LogP contribution is -2.06. The zero-order valence-corrected chi connectivity index (χ0v) is 13.1. The van der Waals surface area contributed by atoms with E-state index in [-0.39, 0.29) is 0 Å². The van der Waals surface area contributed by atoms with Crippen LogP contribution in [0.5, 0.6) is 0 Å². The molecule has 0 saturated carbocycles. The van der Waals surface area contributed by atoms with Gasteiger partial charge < -0.3 is 15.4 Å². The minimum atomic E-state index is -0.408. The summed E-state index contributed by atoms with van der Waals surface area (Å²) in [4.78, 5) is 20.4. The van der Waals surface area contributed by atoms with Crippen molar-refractivity contribution in [3.8, 4) is 0 Å². The van der Waals surface area contributed by atoms with Gasteiger partial charge in [-0.05, 0) is 30.3 Å². The third kappa shape index (κ3) is 3.67. The number of hydrogen-bond acceptors (Lipinski definition) is 6. The van der Waals surface area contributed by atoms with Crippen molar-refractivity contribution in [1.29, 1.82) is 0 Å². The van der Waals surface area contributed by atoms with Gasteiger partial charge in [-0.3, -0.25) is 0 Å². The van der Waals surface area contributed by atoms with Crippen molar-refractivity contribution < 1.29 is 9.53 Å². The van der Waals surface area contributed by atoms with Gasteiger partial charge in [0, 0.05) is 11.9 Å². The summed E-state index contributed by atoms with van der Waals surface area (Å²) >= 11 is 0. The smallest absolute Gasteiger partial charge is 0.339 e. The van der Waals surface area contributed by atoms with E-state index in [1.807, 2.05) is 36.4 Å². The molecule has 24 heavy (non-hydrogen) atoms. The van der Waals surface area contributed by atoms with Crippen LogP contribution in [0.3, 0.4) is 0 Å². The summed E-state index contributed by atoms with van der Waals surface area (Å²) in [6.07, 6.45) is 1.64. The van der Waals surface area contributed by atoms with Crippen molar-refractivity contribution in [1.82, 2.24) is 9.97 Å². The number of nitrogens with zero attached hydrogens (tertiary/aromatic N) is 2. The topological polar surface area (TPSA) is 76.1 Å². The van der Waals surface area contributed by atoms with Gasteiger partial charge in [-0.1, -0.05) is 30.3 Å². The highest BCUT2D eigenvalue weighted by atomic mass is 16.5. The minimum Gasteiger partial charge on any atom is -0.465 e.